The first-order chi connectivity index (χ1) is 18.6. The number of rotatable bonds is 10. The van der Waals surface area contributed by atoms with Gasteiger partial charge < -0.3 is 24.3 Å². The Kier molecular flexibility index (Phi) is 8.63. The third-order valence-electron chi connectivity index (χ3n) is 5.96. The van der Waals surface area contributed by atoms with Crippen molar-refractivity contribution in [1.82, 2.24) is 9.97 Å². The zero-order valence-corrected chi connectivity index (χ0v) is 22.0. The van der Waals surface area contributed by atoms with E-state index in [2.05, 4.69) is 15.3 Å². The van der Waals surface area contributed by atoms with Gasteiger partial charge in [0.05, 0.1) is 35.0 Å². The Morgan fingerprint density at radius 3 is 2.66 bits per heavy atom. The van der Waals surface area contributed by atoms with E-state index in [0.29, 0.717) is 70.6 Å². The molecular formula is C28H26Cl2FN3O4. The number of ether oxygens (including phenoxy) is 4. The van der Waals surface area contributed by atoms with Gasteiger partial charge in [-0.15, -0.1) is 11.6 Å². The lowest BCUT2D eigenvalue weighted by Crippen LogP contribution is -2.26. The molecule has 1 saturated heterocycles. The molecule has 7 nitrogen and oxygen atoms in total. The fourth-order valence-electron chi connectivity index (χ4n) is 4.15. The Hall–Kier alpha value is -3.33. The molecule has 0 saturated carbocycles. The number of halogens is 3. The van der Waals surface area contributed by atoms with Crippen molar-refractivity contribution in [3.05, 3.63) is 77.3 Å². The summed E-state index contributed by atoms with van der Waals surface area (Å²) in [7, 11) is 0. The van der Waals surface area contributed by atoms with E-state index >= 15 is 0 Å². The second-order valence-electron chi connectivity index (χ2n) is 8.69. The second kappa shape index (κ2) is 12.5. The highest BCUT2D eigenvalue weighted by atomic mass is 35.5. The van der Waals surface area contributed by atoms with Crippen LogP contribution in [0.5, 0.6) is 17.2 Å². The summed E-state index contributed by atoms with van der Waals surface area (Å²) < 4.78 is 36.9. The van der Waals surface area contributed by atoms with Crippen LogP contribution in [-0.2, 0) is 11.3 Å². The molecule has 10 heteroatoms. The van der Waals surface area contributed by atoms with Crippen LogP contribution in [0, 0.1) is 5.82 Å². The van der Waals surface area contributed by atoms with E-state index in [9.17, 15) is 4.39 Å². The molecule has 38 heavy (non-hydrogen) atoms. The Bertz CT molecular complexity index is 1400. The van der Waals surface area contributed by atoms with Crippen molar-refractivity contribution >= 4 is 45.6 Å². The first-order valence-electron chi connectivity index (χ1n) is 12.2. The van der Waals surface area contributed by atoms with Gasteiger partial charge in [0, 0.05) is 30.7 Å². The third kappa shape index (κ3) is 6.56. The number of benzene rings is 3. The Morgan fingerprint density at radius 2 is 1.87 bits per heavy atom. The standard InChI is InChI=1S/C28H26Cl2FN3O4/c29-8-11-36-22-14-24-27(26(15-22)38-21-6-9-35-10-7-21)28(33-17-32-24)34-20-4-5-25(23(30)13-20)37-16-18-2-1-3-19(31)12-18/h1-5,12-15,17,21H,6-11,16H2,(H,32,33,34). The van der Waals surface area contributed by atoms with E-state index in [1.807, 2.05) is 18.2 Å². The van der Waals surface area contributed by atoms with Gasteiger partial charge in [0.25, 0.3) is 0 Å². The molecule has 0 amide bonds. The molecule has 1 aliphatic heterocycles. The van der Waals surface area contributed by atoms with Gasteiger partial charge in [0.1, 0.15) is 54.5 Å². The summed E-state index contributed by atoms with van der Waals surface area (Å²) in [5.74, 6) is 2.33. The highest BCUT2D eigenvalue weighted by molar-refractivity contribution is 6.32. The monoisotopic (exact) mass is 557 g/mol. The fraction of sp³-hybridized carbons (Fsp3) is 0.286. The van der Waals surface area contributed by atoms with Crippen LogP contribution in [0.3, 0.4) is 0 Å². The number of anilines is 2. The average Bonchev–Trinajstić information content (AvgIpc) is 2.92. The molecule has 0 aliphatic carbocycles. The highest BCUT2D eigenvalue weighted by Crippen LogP contribution is 2.38. The Labute approximate surface area is 229 Å². The molecule has 0 bridgehead atoms. The van der Waals surface area contributed by atoms with Crippen molar-refractivity contribution in [1.29, 1.82) is 0 Å². The number of aromatic nitrogens is 2. The lowest BCUT2D eigenvalue weighted by molar-refractivity contribution is 0.0261. The maximum absolute atomic E-state index is 13.5. The number of nitrogens with zero attached hydrogens (tertiary/aromatic N) is 2. The van der Waals surface area contributed by atoms with Crippen molar-refractivity contribution in [3.63, 3.8) is 0 Å². The molecule has 0 spiro atoms. The molecular weight excluding hydrogens is 532 g/mol. The van der Waals surface area contributed by atoms with E-state index in [-0.39, 0.29) is 18.5 Å². The van der Waals surface area contributed by atoms with Crippen molar-refractivity contribution in [2.24, 2.45) is 0 Å². The van der Waals surface area contributed by atoms with Gasteiger partial charge in [-0.1, -0.05) is 23.7 Å². The number of nitrogens with one attached hydrogen (secondary N) is 1. The van der Waals surface area contributed by atoms with Gasteiger partial charge in [-0.25, -0.2) is 14.4 Å². The molecule has 5 rings (SSSR count). The van der Waals surface area contributed by atoms with Crippen LogP contribution in [0.4, 0.5) is 15.9 Å². The zero-order chi connectivity index (χ0) is 26.3. The summed E-state index contributed by atoms with van der Waals surface area (Å²) in [5.41, 5.74) is 2.08. The van der Waals surface area contributed by atoms with E-state index < -0.39 is 0 Å². The van der Waals surface area contributed by atoms with Crippen LogP contribution in [0.2, 0.25) is 5.02 Å². The quantitative estimate of drug-likeness (QED) is 0.212. The lowest BCUT2D eigenvalue weighted by Gasteiger charge is -2.24. The molecule has 198 valence electrons. The normalized spacial score (nSPS) is 13.9. The largest absolute Gasteiger partial charge is 0.492 e. The fourth-order valence-corrected chi connectivity index (χ4v) is 4.46. The lowest BCUT2D eigenvalue weighted by atomic mass is 10.1. The van der Waals surface area contributed by atoms with Gasteiger partial charge >= 0.3 is 0 Å². The molecule has 0 unspecified atom stereocenters. The number of hydrogen-bond donors (Lipinski definition) is 1. The molecule has 1 N–H and O–H groups in total. The predicted octanol–water partition coefficient (Wildman–Crippen LogP) is 6.92. The number of hydrogen-bond acceptors (Lipinski definition) is 7. The minimum Gasteiger partial charge on any atom is -0.492 e. The Balaban J connectivity index is 1.40. The average molecular weight is 558 g/mol. The molecule has 1 aromatic heterocycles. The van der Waals surface area contributed by atoms with Crippen LogP contribution < -0.4 is 19.5 Å². The Morgan fingerprint density at radius 1 is 1.00 bits per heavy atom. The van der Waals surface area contributed by atoms with Gasteiger partial charge in [-0.3, -0.25) is 0 Å². The van der Waals surface area contributed by atoms with Gasteiger partial charge in [-0.2, -0.15) is 0 Å². The van der Waals surface area contributed by atoms with E-state index in [1.165, 1.54) is 18.5 Å². The van der Waals surface area contributed by atoms with E-state index in [1.54, 1.807) is 24.3 Å². The molecule has 0 radical (unpaired) electrons. The molecule has 2 heterocycles. The van der Waals surface area contributed by atoms with Crippen molar-refractivity contribution in [2.75, 3.05) is 31.0 Å². The van der Waals surface area contributed by atoms with Crippen molar-refractivity contribution < 1.29 is 23.3 Å². The van der Waals surface area contributed by atoms with Crippen molar-refractivity contribution in [3.8, 4) is 17.2 Å². The minimum atomic E-state index is -0.313. The topological polar surface area (TPSA) is 74.7 Å². The molecule has 0 atom stereocenters. The number of alkyl halides is 1. The smallest absolute Gasteiger partial charge is 0.145 e. The van der Waals surface area contributed by atoms with E-state index in [0.717, 1.165) is 18.2 Å². The summed E-state index contributed by atoms with van der Waals surface area (Å²) in [4.78, 5) is 8.94. The number of fused-ring (bicyclic) bond motifs is 1. The molecule has 4 aromatic rings. The SMILES string of the molecule is Fc1cccc(COc2ccc(Nc3ncnc4cc(OCCCl)cc(OC5CCOCC5)c34)cc2Cl)c1. The first kappa shape index (κ1) is 26.3. The molecule has 3 aromatic carbocycles. The van der Waals surface area contributed by atoms with Crippen LogP contribution in [0.15, 0.2) is 60.9 Å². The summed E-state index contributed by atoms with van der Waals surface area (Å²) >= 11 is 12.3. The minimum absolute atomic E-state index is 0.00671. The van der Waals surface area contributed by atoms with E-state index in [4.69, 9.17) is 42.1 Å². The van der Waals surface area contributed by atoms with Crippen LogP contribution >= 0.6 is 23.2 Å². The summed E-state index contributed by atoms with van der Waals surface area (Å²) in [6.07, 6.45) is 3.06. The van der Waals surface area contributed by atoms with Crippen molar-refractivity contribution in [2.45, 2.75) is 25.6 Å². The summed E-state index contributed by atoms with van der Waals surface area (Å²) in [6.45, 7) is 1.87. The third-order valence-corrected chi connectivity index (χ3v) is 6.41. The van der Waals surface area contributed by atoms with Gasteiger partial charge in [0.15, 0.2) is 0 Å². The van der Waals surface area contributed by atoms with Gasteiger partial charge in [0.2, 0.25) is 0 Å². The summed E-state index contributed by atoms with van der Waals surface area (Å²) in [5, 5.41) is 4.45. The predicted molar refractivity (Wildman–Crippen MR) is 146 cm³/mol. The van der Waals surface area contributed by atoms with Crippen LogP contribution in [0.25, 0.3) is 10.9 Å². The molecule has 1 fully saturated rings. The van der Waals surface area contributed by atoms with Crippen LogP contribution in [0.1, 0.15) is 18.4 Å². The maximum atomic E-state index is 13.5. The second-order valence-corrected chi connectivity index (χ2v) is 9.48. The maximum Gasteiger partial charge on any atom is 0.145 e. The van der Waals surface area contributed by atoms with Gasteiger partial charge in [-0.05, 0) is 35.9 Å². The summed E-state index contributed by atoms with van der Waals surface area (Å²) in [6, 6.07) is 15.3. The first-order valence-corrected chi connectivity index (χ1v) is 13.2. The highest BCUT2D eigenvalue weighted by Gasteiger charge is 2.20. The zero-order valence-electron chi connectivity index (χ0n) is 20.5. The molecule has 1 aliphatic rings. The van der Waals surface area contributed by atoms with Crippen LogP contribution in [-0.4, -0.2) is 41.8 Å².